The van der Waals surface area contributed by atoms with E-state index in [1.165, 1.54) is 0 Å². The lowest BCUT2D eigenvalue weighted by Gasteiger charge is -1.98. The zero-order valence-electron chi connectivity index (χ0n) is 7.53. The van der Waals surface area contributed by atoms with E-state index >= 15 is 0 Å². The topological polar surface area (TPSA) is 37.3 Å². The van der Waals surface area contributed by atoms with Crippen LogP contribution in [0.2, 0.25) is 0 Å². The van der Waals surface area contributed by atoms with Crippen LogP contribution in [0.5, 0.6) is 0 Å². The van der Waals surface area contributed by atoms with E-state index in [9.17, 15) is 4.79 Å². The minimum absolute atomic E-state index is 0.354. The molecule has 0 spiro atoms. The molecular formula is C11H12O2. The quantitative estimate of drug-likeness (QED) is 0.768. The van der Waals surface area contributed by atoms with Crippen LogP contribution in [-0.4, -0.2) is 11.1 Å². The highest BCUT2D eigenvalue weighted by molar-refractivity contribution is 5.92. The van der Waals surface area contributed by atoms with Crippen molar-refractivity contribution in [2.24, 2.45) is 0 Å². The molecule has 0 radical (unpaired) electrons. The molecule has 0 aliphatic heterocycles. The minimum atomic E-state index is -0.878. The maximum absolute atomic E-state index is 10.8. The Morgan fingerprint density at radius 3 is 2.77 bits per heavy atom. The van der Waals surface area contributed by atoms with Crippen LogP contribution in [0.25, 0.3) is 6.08 Å². The number of carbonyl (C=O) groups is 1. The molecule has 0 aliphatic rings. The Labute approximate surface area is 77.5 Å². The summed E-state index contributed by atoms with van der Waals surface area (Å²) < 4.78 is 0. The van der Waals surface area contributed by atoms with Crippen LogP contribution in [-0.2, 0) is 0 Å². The van der Waals surface area contributed by atoms with E-state index in [0.29, 0.717) is 5.56 Å². The van der Waals surface area contributed by atoms with Gasteiger partial charge in [0.2, 0.25) is 0 Å². The van der Waals surface area contributed by atoms with Gasteiger partial charge in [-0.2, -0.15) is 0 Å². The Kier molecular flexibility index (Phi) is 3.26. The highest BCUT2D eigenvalue weighted by Crippen LogP contribution is 2.10. The normalized spacial score (nSPS) is 10.5. The number of hydrogen-bond acceptors (Lipinski definition) is 1. The number of allylic oxidation sites excluding steroid dienone is 1. The van der Waals surface area contributed by atoms with Crippen LogP contribution in [0.15, 0.2) is 30.3 Å². The summed E-state index contributed by atoms with van der Waals surface area (Å²) in [6.07, 6.45) is 4.69. The molecular weight excluding hydrogens is 164 g/mol. The Morgan fingerprint density at radius 1 is 1.46 bits per heavy atom. The largest absolute Gasteiger partial charge is 0.478 e. The van der Waals surface area contributed by atoms with Crippen molar-refractivity contribution < 1.29 is 9.90 Å². The Balaban J connectivity index is 3.05. The van der Waals surface area contributed by atoms with E-state index in [1.807, 2.05) is 25.1 Å². The molecule has 1 aromatic rings. The van der Waals surface area contributed by atoms with Gasteiger partial charge in [-0.1, -0.05) is 37.3 Å². The first-order valence-electron chi connectivity index (χ1n) is 4.24. The Bertz CT molecular complexity index is 327. The molecule has 0 aromatic heterocycles. The lowest BCUT2D eigenvalue weighted by molar-refractivity contribution is 0.0696. The first kappa shape index (κ1) is 9.52. The predicted molar refractivity (Wildman–Crippen MR) is 52.7 cm³/mol. The second-order valence-electron chi connectivity index (χ2n) is 2.70. The second kappa shape index (κ2) is 4.45. The van der Waals surface area contributed by atoms with Crippen molar-refractivity contribution >= 4 is 12.0 Å². The summed E-state index contributed by atoms with van der Waals surface area (Å²) in [5.41, 5.74) is 1.11. The number of rotatable bonds is 3. The summed E-state index contributed by atoms with van der Waals surface area (Å²) in [6, 6.07) is 6.97. The summed E-state index contributed by atoms with van der Waals surface area (Å²) in [7, 11) is 0. The highest BCUT2D eigenvalue weighted by Gasteiger charge is 2.05. The number of benzene rings is 1. The van der Waals surface area contributed by atoms with Crippen molar-refractivity contribution in [3.05, 3.63) is 41.5 Å². The van der Waals surface area contributed by atoms with Gasteiger partial charge in [-0.3, -0.25) is 0 Å². The average molecular weight is 176 g/mol. The molecule has 1 N–H and O–H groups in total. The van der Waals surface area contributed by atoms with Gasteiger partial charge in [0.25, 0.3) is 0 Å². The summed E-state index contributed by atoms with van der Waals surface area (Å²) in [5, 5.41) is 8.83. The molecule has 0 atom stereocenters. The van der Waals surface area contributed by atoms with Gasteiger partial charge in [-0.25, -0.2) is 4.79 Å². The van der Waals surface area contributed by atoms with Crippen molar-refractivity contribution in [1.82, 2.24) is 0 Å². The van der Waals surface area contributed by atoms with E-state index in [2.05, 4.69) is 0 Å². The molecule has 1 aromatic carbocycles. The first-order chi connectivity index (χ1) is 6.25. The van der Waals surface area contributed by atoms with Gasteiger partial charge in [0.15, 0.2) is 0 Å². The van der Waals surface area contributed by atoms with E-state index in [-0.39, 0.29) is 0 Å². The maximum atomic E-state index is 10.8. The average Bonchev–Trinajstić information content (AvgIpc) is 2.15. The van der Waals surface area contributed by atoms with Gasteiger partial charge in [0, 0.05) is 0 Å². The van der Waals surface area contributed by atoms with Crippen molar-refractivity contribution in [3.63, 3.8) is 0 Å². The molecule has 13 heavy (non-hydrogen) atoms. The summed E-state index contributed by atoms with van der Waals surface area (Å²) in [5.74, 6) is -0.878. The fraction of sp³-hybridized carbons (Fsp3) is 0.182. The Hall–Kier alpha value is -1.57. The Morgan fingerprint density at radius 2 is 2.15 bits per heavy atom. The maximum Gasteiger partial charge on any atom is 0.336 e. The van der Waals surface area contributed by atoms with Gasteiger partial charge >= 0.3 is 5.97 Å². The fourth-order valence-corrected chi connectivity index (χ4v) is 1.08. The van der Waals surface area contributed by atoms with E-state index < -0.39 is 5.97 Å². The second-order valence-corrected chi connectivity index (χ2v) is 2.70. The van der Waals surface area contributed by atoms with Crippen LogP contribution < -0.4 is 0 Å². The molecule has 1 rings (SSSR count). The summed E-state index contributed by atoms with van der Waals surface area (Å²) >= 11 is 0. The van der Waals surface area contributed by atoms with Crippen molar-refractivity contribution in [3.8, 4) is 0 Å². The lowest BCUT2D eigenvalue weighted by atomic mass is 10.1. The molecule has 0 fully saturated rings. The molecule has 2 heteroatoms. The molecule has 0 amide bonds. The fourth-order valence-electron chi connectivity index (χ4n) is 1.08. The van der Waals surface area contributed by atoms with Gasteiger partial charge in [0.05, 0.1) is 5.56 Å². The summed E-state index contributed by atoms with van der Waals surface area (Å²) in [4.78, 5) is 10.8. The third-order valence-corrected chi connectivity index (χ3v) is 1.72. The smallest absolute Gasteiger partial charge is 0.336 e. The van der Waals surface area contributed by atoms with Crippen LogP contribution in [0.1, 0.15) is 29.3 Å². The zero-order chi connectivity index (χ0) is 9.68. The standard InChI is InChI=1S/C11H12O2/c1-2-3-6-9-7-4-5-8-10(9)11(12)13/h3-8H,2H2,1H3,(H,12,13). The number of aromatic carboxylic acids is 1. The number of hydrogen-bond donors (Lipinski definition) is 1. The molecule has 0 heterocycles. The van der Waals surface area contributed by atoms with E-state index in [0.717, 1.165) is 12.0 Å². The third kappa shape index (κ3) is 2.44. The number of carboxylic acid groups (broad SMARTS) is 1. The lowest BCUT2D eigenvalue weighted by Crippen LogP contribution is -1.98. The van der Waals surface area contributed by atoms with Crippen molar-refractivity contribution in [2.75, 3.05) is 0 Å². The molecule has 0 saturated carbocycles. The van der Waals surface area contributed by atoms with Gasteiger partial charge in [-0.05, 0) is 18.1 Å². The summed E-state index contributed by atoms with van der Waals surface area (Å²) in [6.45, 7) is 2.01. The molecule has 0 aliphatic carbocycles. The first-order valence-corrected chi connectivity index (χ1v) is 4.24. The van der Waals surface area contributed by atoms with Crippen LogP contribution >= 0.6 is 0 Å². The van der Waals surface area contributed by atoms with Gasteiger partial charge < -0.3 is 5.11 Å². The minimum Gasteiger partial charge on any atom is -0.478 e. The van der Waals surface area contributed by atoms with E-state index in [4.69, 9.17) is 5.11 Å². The molecule has 0 bridgehead atoms. The van der Waals surface area contributed by atoms with Crippen molar-refractivity contribution in [1.29, 1.82) is 0 Å². The zero-order valence-corrected chi connectivity index (χ0v) is 7.53. The van der Waals surface area contributed by atoms with Crippen LogP contribution in [0.4, 0.5) is 0 Å². The molecule has 68 valence electrons. The monoisotopic (exact) mass is 176 g/mol. The highest BCUT2D eigenvalue weighted by atomic mass is 16.4. The van der Waals surface area contributed by atoms with Crippen LogP contribution in [0.3, 0.4) is 0 Å². The molecule has 0 saturated heterocycles. The van der Waals surface area contributed by atoms with Crippen molar-refractivity contribution in [2.45, 2.75) is 13.3 Å². The predicted octanol–water partition coefficient (Wildman–Crippen LogP) is 2.81. The molecule has 2 nitrogen and oxygen atoms in total. The third-order valence-electron chi connectivity index (χ3n) is 1.72. The van der Waals surface area contributed by atoms with Gasteiger partial charge in [0.1, 0.15) is 0 Å². The van der Waals surface area contributed by atoms with Crippen LogP contribution in [0, 0.1) is 0 Å². The SMILES string of the molecule is CCC=Cc1ccccc1C(=O)O. The van der Waals surface area contributed by atoms with E-state index in [1.54, 1.807) is 18.2 Å². The van der Waals surface area contributed by atoms with Gasteiger partial charge in [-0.15, -0.1) is 0 Å². The number of carboxylic acids is 1. The molecule has 0 unspecified atom stereocenters.